The molecular weight excluding hydrogens is 250 g/mol. The number of aromatic nitrogens is 4. The Labute approximate surface area is 108 Å². The lowest BCUT2D eigenvalue weighted by molar-refractivity contribution is 0.0486. The van der Waals surface area contributed by atoms with Crippen LogP contribution in [0.4, 0.5) is 5.82 Å². The SMILES string of the molecule is Nc1ncnc2c1ncn2[C@H]1[C@H](O)[C@@H](CO)C[C@@H]1O. The Kier molecular flexibility index (Phi) is 2.85. The second kappa shape index (κ2) is 4.41. The van der Waals surface area contributed by atoms with Crippen LogP contribution >= 0.6 is 0 Å². The molecule has 0 spiro atoms. The molecule has 1 aliphatic rings. The highest BCUT2D eigenvalue weighted by Gasteiger charge is 2.43. The topological polar surface area (TPSA) is 130 Å². The molecule has 0 amide bonds. The molecule has 0 aliphatic heterocycles. The fraction of sp³-hybridized carbons (Fsp3) is 0.545. The molecule has 1 saturated carbocycles. The van der Waals surface area contributed by atoms with Crippen molar-refractivity contribution in [3.63, 3.8) is 0 Å². The zero-order chi connectivity index (χ0) is 13.6. The first kappa shape index (κ1) is 12.3. The summed E-state index contributed by atoms with van der Waals surface area (Å²) in [7, 11) is 0. The van der Waals surface area contributed by atoms with Gasteiger partial charge in [0.2, 0.25) is 0 Å². The van der Waals surface area contributed by atoms with Crippen LogP contribution in [0.1, 0.15) is 12.5 Å². The minimum absolute atomic E-state index is 0.168. The quantitative estimate of drug-likeness (QED) is 0.530. The molecule has 0 aromatic carbocycles. The van der Waals surface area contributed by atoms with Crippen molar-refractivity contribution in [1.82, 2.24) is 19.5 Å². The monoisotopic (exact) mass is 265 g/mol. The molecule has 2 aromatic rings. The molecule has 0 unspecified atom stereocenters. The fourth-order valence-electron chi connectivity index (χ4n) is 2.72. The summed E-state index contributed by atoms with van der Waals surface area (Å²) in [4.78, 5) is 12.0. The van der Waals surface area contributed by atoms with E-state index in [-0.39, 0.29) is 18.3 Å². The molecular formula is C11H15N5O3. The van der Waals surface area contributed by atoms with Crippen molar-refractivity contribution >= 4 is 17.0 Å². The normalized spacial score (nSPS) is 31.1. The molecule has 102 valence electrons. The zero-order valence-corrected chi connectivity index (χ0v) is 10.1. The molecule has 0 saturated heterocycles. The first-order chi connectivity index (χ1) is 9.13. The number of hydrogen-bond acceptors (Lipinski definition) is 7. The van der Waals surface area contributed by atoms with Crippen LogP contribution in [-0.2, 0) is 0 Å². The van der Waals surface area contributed by atoms with Crippen molar-refractivity contribution in [2.24, 2.45) is 5.92 Å². The number of aliphatic hydroxyl groups excluding tert-OH is 3. The number of rotatable bonds is 2. The first-order valence-electron chi connectivity index (χ1n) is 6.03. The molecule has 0 bridgehead atoms. The molecule has 1 fully saturated rings. The van der Waals surface area contributed by atoms with Gasteiger partial charge in [0.1, 0.15) is 11.8 Å². The lowest BCUT2D eigenvalue weighted by Gasteiger charge is -2.21. The van der Waals surface area contributed by atoms with Gasteiger partial charge in [0.15, 0.2) is 11.5 Å². The number of anilines is 1. The van der Waals surface area contributed by atoms with Gasteiger partial charge < -0.3 is 25.6 Å². The Morgan fingerprint density at radius 2 is 2.11 bits per heavy atom. The Morgan fingerprint density at radius 1 is 1.32 bits per heavy atom. The van der Waals surface area contributed by atoms with Gasteiger partial charge in [0.25, 0.3) is 0 Å². The van der Waals surface area contributed by atoms with Gasteiger partial charge in [-0.25, -0.2) is 15.0 Å². The minimum atomic E-state index is -0.853. The number of hydrogen-bond donors (Lipinski definition) is 4. The molecule has 5 N–H and O–H groups in total. The first-order valence-corrected chi connectivity index (χ1v) is 6.03. The number of nitrogen functional groups attached to an aromatic ring is 1. The van der Waals surface area contributed by atoms with E-state index < -0.39 is 18.2 Å². The molecule has 1 aliphatic carbocycles. The number of aliphatic hydroxyl groups is 3. The van der Waals surface area contributed by atoms with Gasteiger partial charge in [-0.15, -0.1) is 0 Å². The Balaban J connectivity index is 2.07. The van der Waals surface area contributed by atoms with Gasteiger partial charge in [0, 0.05) is 12.5 Å². The Morgan fingerprint density at radius 3 is 2.79 bits per heavy atom. The van der Waals surface area contributed by atoms with E-state index in [0.29, 0.717) is 17.6 Å². The van der Waals surface area contributed by atoms with Crippen molar-refractivity contribution in [2.45, 2.75) is 24.7 Å². The number of nitrogens with two attached hydrogens (primary N) is 1. The highest BCUT2D eigenvalue weighted by Crippen LogP contribution is 2.36. The molecule has 2 heterocycles. The van der Waals surface area contributed by atoms with Crippen LogP contribution in [-0.4, -0.2) is 53.7 Å². The number of nitrogens with zero attached hydrogens (tertiary/aromatic N) is 4. The van der Waals surface area contributed by atoms with Crippen molar-refractivity contribution < 1.29 is 15.3 Å². The van der Waals surface area contributed by atoms with Crippen molar-refractivity contribution in [1.29, 1.82) is 0 Å². The predicted octanol–water partition coefficient (Wildman–Crippen LogP) is -1.32. The minimum Gasteiger partial charge on any atom is -0.396 e. The summed E-state index contributed by atoms with van der Waals surface area (Å²) in [5.74, 6) is -0.0962. The average molecular weight is 265 g/mol. The van der Waals surface area contributed by atoms with Crippen LogP contribution in [0.5, 0.6) is 0 Å². The van der Waals surface area contributed by atoms with E-state index >= 15 is 0 Å². The third-order valence-corrected chi connectivity index (χ3v) is 3.71. The van der Waals surface area contributed by atoms with Crippen LogP contribution in [0, 0.1) is 5.92 Å². The van der Waals surface area contributed by atoms with E-state index in [1.54, 1.807) is 4.57 Å². The maximum absolute atomic E-state index is 10.2. The van der Waals surface area contributed by atoms with Crippen molar-refractivity contribution in [3.05, 3.63) is 12.7 Å². The lowest BCUT2D eigenvalue weighted by atomic mass is 10.1. The van der Waals surface area contributed by atoms with Crippen LogP contribution in [0.15, 0.2) is 12.7 Å². The van der Waals surface area contributed by atoms with Crippen molar-refractivity contribution in [3.8, 4) is 0 Å². The smallest absolute Gasteiger partial charge is 0.165 e. The van der Waals surface area contributed by atoms with E-state index in [1.165, 1.54) is 12.7 Å². The summed E-state index contributed by atoms with van der Waals surface area (Å²) in [6.07, 6.45) is 1.51. The summed E-state index contributed by atoms with van der Waals surface area (Å²) in [6.45, 7) is -0.168. The van der Waals surface area contributed by atoms with E-state index in [4.69, 9.17) is 5.73 Å². The summed E-state index contributed by atoms with van der Waals surface area (Å²) < 4.78 is 1.60. The predicted molar refractivity (Wildman–Crippen MR) is 66.0 cm³/mol. The van der Waals surface area contributed by atoms with Crippen LogP contribution < -0.4 is 5.73 Å². The molecule has 19 heavy (non-hydrogen) atoms. The third kappa shape index (κ3) is 1.76. The summed E-state index contributed by atoms with van der Waals surface area (Å²) in [6, 6.07) is -0.587. The summed E-state index contributed by atoms with van der Waals surface area (Å²) in [5, 5.41) is 29.4. The van der Waals surface area contributed by atoms with Gasteiger partial charge in [-0.3, -0.25) is 0 Å². The molecule has 3 rings (SSSR count). The average Bonchev–Trinajstić information content (AvgIpc) is 2.92. The fourth-order valence-corrected chi connectivity index (χ4v) is 2.72. The molecule has 0 radical (unpaired) electrons. The molecule has 2 aromatic heterocycles. The molecule has 8 heteroatoms. The van der Waals surface area contributed by atoms with E-state index in [0.717, 1.165) is 0 Å². The Bertz CT molecular complexity index is 601. The van der Waals surface area contributed by atoms with Gasteiger partial charge in [-0.2, -0.15) is 0 Å². The summed E-state index contributed by atoms with van der Waals surface area (Å²) in [5.41, 5.74) is 6.61. The van der Waals surface area contributed by atoms with E-state index in [1.807, 2.05) is 0 Å². The highest BCUT2D eigenvalue weighted by molar-refractivity contribution is 5.81. The summed E-state index contributed by atoms with van der Waals surface area (Å²) >= 11 is 0. The standard InChI is InChI=1S/C11H15N5O3/c12-10-7-11(14-3-13-10)16(4-15-7)8-6(18)1-5(2-17)9(8)19/h3-6,8-9,17-19H,1-2H2,(H2,12,13,14)/t5-,6+,8-,9-/m1/s1. The zero-order valence-electron chi connectivity index (χ0n) is 10.1. The number of fused-ring (bicyclic) bond motifs is 1. The van der Waals surface area contributed by atoms with Crippen LogP contribution in [0.25, 0.3) is 11.2 Å². The van der Waals surface area contributed by atoms with Gasteiger partial charge in [-0.05, 0) is 6.42 Å². The molecule has 8 nitrogen and oxygen atoms in total. The molecule has 4 atom stereocenters. The maximum Gasteiger partial charge on any atom is 0.165 e. The van der Waals surface area contributed by atoms with Crippen LogP contribution in [0.2, 0.25) is 0 Å². The van der Waals surface area contributed by atoms with Gasteiger partial charge >= 0.3 is 0 Å². The number of imidazole rings is 1. The third-order valence-electron chi connectivity index (χ3n) is 3.71. The highest BCUT2D eigenvalue weighted by atomic mass is 16.3. The van der Waals surface area contributed by atoms with E-state index in [2.05, 4.69) is 15.0 Å². The lowest BCUT2D eigenvalue weighted by Crippen LogP contribution is -2.29. The second-order valence-corrected chi connectivity index (χ2v) is 4.81. The van der Waals surface area contributed by atoms with Crippen molar-refractivity contribution in [2.75, 3.05) is 12.3 Å². The van der Waals surface area contributed by atoms with Crippen LogP contribution in [0.3, 0.4) is 0 Å². The second-order valence-electron chi connectivity index (χ2n) is 4.81. The largest absolute Gasteiger partial charge is 0.396 e. The maximum atomic E-state index is 10.2. The Hall–Kier alpha value is -1.77. The van der Waals surface area contributed by atoms with E-state index in [9.17, 15) is 15.3 Å². The van der Waals surface area contributed by atoms with Gasteiger partial charge in [0.05, 0.1) is 24.6 Å². The van der Waals surface area contributed by atoms with Gasteiger partial charge in [-0.1, -0.05) is 0 Å².